The maximum atomic E-state index is 13.4. The van der Waals surface area contributed by atoms with E-state index in [4.69, 9.17) is 16.3 Å². The molecule has 2 aromatic carbocycles. The Balaban J connectivity index is 2.04. The molecule has 3 rings (SSSR count). The molecule has 7 heteroatoms. The van der Waals surface area contributed by atoms with E-state index in [-0.39, 0.29) is 15.7 Å². The van der Waals surface area contributed by atoms with Gasteiger partial charge in [0.25, 0.3) is 0 Å². The highest BCUT2D eigenvalue weighted by Gasteiger charge is 2.26. The second kappa shape index (κ2) is 6.09. The summed E-state index contributed by atoms with van der Waals surface area (Å²) in [6, 6.07) is 5.22. The third-order valence-electron chi connectivity index (χ3n) is 3.74. The molecule has 0 spiro atoms. The molecule has 122 valence electrons. The summed E-state index contributed by atoms with van der Waals surface area (Å²) in [5.74, 6) is 0.142. The molecule has 0 unspecified atom stereocenters. The molecule has 0 atom stereocenters. The second-order valence-corrected chi connectivity index (χ2v) is 7.63. The van der Waals surface area contributed by atoms with Crippen LogP contribution in [0.4, 0.5) is 8.78 Å². The van der Waals surface area contributed by atoms with Gasteiger partial charge in [-0.25, -0.2) is 17.2 Å². The highest BCUT2D eigenvalue weighted by molar-refractivity contribution is 7.91. The minimum atomic E-state index is -3.93. The topological polar surface area (TPSA) is 43.4 Å². The second-order valence-electron chi connectivity index (χ2n) is 5.30. The number of sulfone groups is 1. The van der Waals surface area contributed by atoms with Crippen LogP contribution in [0.5, 0.6) is 11.5 Å². The maximum absolute atomic E-state index is 13.4. The van der Waals surface area contributed by atoms with E-state index in [1.807, 2.05) is 0 Å². The van der Waals surface area contributed by atoms with E-state index < -0.39 is 21.7 Å². The van der Waals surface area contributed by atoms with Crippen molar-refractivity contribution in [3.05, 3.63) is 52.3 Å². The van der Waals surface area contributed by atoms with Crippen molar-refractivity contribution in [2.75, 3.05) is 6.01 Å². The molecule has 1 aliphatic carbocycles. The summed E-state index contributed by atoms with van der Waals surface area (Å²) in [4.78, 5) is 0.0112. The molecule has 0 aromatic heterocycles. The first kappa shape index (κ1) is 16.2. The molecular formula is C16H13ClF2O3S. The van der Waals surface area contributed by atoms with Crippen molar-refractivity contribution < 1.29 is 21.9 Å². The van der Waals surface area contributed by atoms with Crippen LogP contribution < -0.4 is 4.74 Å². The summed E-state index contributed by atoms with van der Waals surface area (Å²) in [6.45, 7) is 0. The van der Waals surface area contributed by atoms with Crippen LogP contribution in [0, 0.1) is 5.82 Å². The molecule has 0 fully saturated rings. The summed E-state index contributed by atoms with van der Waals surface area (Å²) in [5, 5.41) is 0.202. The van der Waals surface area contributed by atoms with Crippen molar-refractivity contribution in [2.24, 2.45) is 0 Å². The zero-order valence-electron chi connectivity index (χ0n) is 12.0. The third-order valence-corrected chi connectivity index (χ3v) is 5.30. The highest BCUT2D eigenvalue weighted by Crippen LogP contribution is 2.38. The first-order valence-electron chi connectivity index (χ1n) is 6.98. The minimum absolute atomic E-state index is 0.0112. The first-order chi connectivity index (χ1) is 10.9. The van der Waals surface area contributed by atoms with Gasteiger partial charge in [-0.2, -0.15) is 0 Å². The zero-order chi connectivity index (χ0) is 16.6. The normalized spacial score (nSPS) is 13.9. The minimum Gasteiger partial charge on any atom is -0.457 e. The van der Waals surface area contributed by atoms with Crippen molar-refractivity contribution in [2.45, 2.75) is 24.2 Å². The number of halogens is 3. The quantitative estimate of drug-likeness (QED) is 0.810. The fraction of sp³-hybridized carbons (Fsp3) is 0.250. The smallest absolute Gasteiger partial charge is 0.207 e. The van der Waals surface area contributed by atoms with Crippen LogP contribution in [0.2, 0.25) is 5.02 Å². The Morgan fingerprint density at radius 3 is 2.57 bits per heavy atom. The van der Waals surface area contributed by atoms with E-state index in [1.165, 1.54) is 24.3 Å². The van der Waals surface area contributed by atoms with Crippen LogP contribution in [0.3, 0.4) is 0 Å². The predicted octanol–water partition coefficient (Wildman–Crippen LogP) is 4.46. The van der Waals surface area contributed by atoms with Crippen molar-refractivity contribution in [1.82, 2.24) is 0 Å². The lowest BCUT2D eigenvalue weighted by Gasteiger charge is -2.13. The summed E-state index contributed by atoms with van der Waals surface area (Å²) < 4.78 is 55.5. The average Bonchev–Trinajstić information content (AvgIpc) is 2.96. The maximum Gasteiger partial charge on any atom is 0.207 e. The van der Waals surface area contributed by atoms with Crippen LogP contribution in [0.15, 0.2) is 35.2 Å². The molecule has 0 amide bonds. The Labute approximate surface area is 137 Å². The average molecular weight is 359 g/mol. The fourth-order valence-electron chi connectivity index (χ4n) is 2.80. The van der Waals surface area contributed by atoms with E-state index in [1.54, 1.807) is 0 Å². The SMILES string of the molecule is O=S(=O)(CF)c1ccc(Oc2cc(F)cc(Cl)c2)c2c1CCC2. The Kier molecular flexibility index (Phi) is 4.29. The Morgan fingerprint density at radius 1 is 1.13 bits per heavy atom. The van der Waals surface area contributed by atoms with Gasteiger partial charge in [-0.05, 0) is 54.7 Å². The van der Waals surface area contributed by atoms with Crippen molar-refractivity contribution in [3.8, 4) is 11.5 Å². The first-order valence-corrected chi connectivity index (χ1v) is 9.01. The van der Waals surface area contributed by atoms with Gasteiger partial charge < -0.3 is 4.74 Å². The van der Waals surface area contributed by atoms with E-state index in [0.29, 0.717) is 24.2 Å². The summed E-state index contributed by atoms with van der Waals surface area (Å²) >= 11 is 5.80. The number of rotatable bonds is 4. The van der Waals surface area contributed by atoms with Gasteiger partial charge in [0.05, 0.1) is 4.90 Å². The van der Waals surface area contributed by atoms with Gasteiger partial charge in [0.15, 0.2) is 6.01 Å². The number of ether oxygens (including phenoxy) is 1. The number of fused-ring (bicyclic) bond motifs is 1. The molecule has 2 aromatic rings. The lowest BCUT2D eigenvalue weighted by molar-refractivity contribution is 0.471. The molecule has 3 nitrogen and oxygen atoms in total. The molecule has 0 radical (unpaired) electrons. The number of hydrogen-bond acceptors (Lipinski definition) is 3. The molecule has 23 heavy (non-hydrogen) atoms. The third kappa shape index (κ3) is 3.19. The van der Waals surface area contributed by atoms with Crippen LogP contribution in [-0.2, 0) is 22.7 Å². The van der Waals surface area contributed by atoms with Crippen molar-refractivity contribution in [3.63, 3.8) is 0 Å². The van der Waals surface area contributed by atoms with Crippen LogP contribution in [-0.4, -0.2) is 14.4 Å². The highest BCUT2D eigenvalue weighted by atomic mass is 35.5. The fourth-order valence-corrected chi connectivity index (χ4v) is 4.01. The summed E-state index contributed by atoms with van der Waals surface area (Å²) in [5.41, 5.74) is 1.31. The molecule has 0 bridgehead atoms. The van der Waals surface area contributed by atoms with Gasteiger partial charge in [-0.15, -0.1) is 0 Å². The molecule has 0 N–H and O–H groups in total. The van der Waals surface area contributed by atoms with Gasteiger partial charge in [0, 0.05) is 11.1 Å². The van der Waals surface area contributed by atoms with Crippen molar-refractivity contribution >= 4 is 21.4 Å². The Hall–Kier alpha value is -1.66. The predicted molar refractivity (Wildman–Crippen MR) is 83.1 cm³/mol. The van der Waals surface area contributed by atoms with Crippen LogP contribution in [0.1, 0.15) is 17.5 Å². The van der Waals surface area contributed by atoms with Gasteiger partial charge in [-0.3, -0.25) is 0 Å². The van der Waals surface area contributed by atoms with Gasteiger partial charge in [0.1, 0.15) is 17.3 Å². The molecule has 0 saturated carbocycles. The van der Waals surface area contributed by atoms with Gasteiger partial charge >= 0.3 is 0 Å². The number of alkyl halides is 1. The Bertz CT molecular complexity index is 846. The summed E-state index contributed by atoms with van der Waals surface area (Å²) in [6.07, 6.45) is 1.93. The van der Waals surface area contributed by atoms with E-state index in [2.05, 4.69) is 0 Å². The molecule has 0 saturated heterocycles. The number of hydrogen-bond donors (Lipinski definition) is 0. The van der Waals surface area contributed by atoms with Crippen LogP contribution in [0.25, 0.3) is 0 Å². The van der Waals surface area contributed by atoms with E-state index in [0.717, 1.165) is 18.1 Å². The van der Waals surface area contributed by atoms with Gasteiger partial charge in [-0.1, -0.05) is 11.6 Å². The van der Waals surface area contributed by atoms with E-state index >= 15 is 0 Å². The van der Waals surface area contributed by atoms with Crippen molar-refractivity contribution in [1.29, 1.82) is 0 Å². The molecular weight excluding hydrogens is 346 g/mol. The molecule has 1 aliphatic rings. The molecule has 0 aliphatic heterocycles. The van der Waals surface area contributed by atoms with Gasteiger partial charge in [0.2, 0.25) is 9.84 Å². The standard InChI is InChI=1S/C16H13ClF2O3S/c17-10-6-11(19)8-12(7-10)22-15-4-5-16(23(20,21)9-18)14-3-1-2-13(14)15/h4-8H,1-3,9H2. The van der Waals surface area contributed by atoms with Crippen LogP contribution >= 0.6 is 11.6 Å². The molecule has 0 heterocycles. The Morgan fingerprint density at radius 2 is 1.87 bits per heavy atom. The monoisotopic (exact) mass is 358 g/mol. The van der Waals surface area contributed by atoms with E-state index in [9.17, 15) is 17.2 Å². The lowest BCUT2D eigenvalue weighted by Crippen LogP contribution is -2.07. The number of benzene rings is 2. The zero-order valence-corrected chi connectivity index (χ0v) is 13.6. The summed E-state index contributed by atoms with van der Waals surface area (Å²) in [7, 11) is -3.93. The largest absolute Gasteiger partial charge is 0.457 e. The lowest BCUT2D eigenvalue weighted by atomic mass is 10.1.